The van der Waals surface area contributed by atoms with Gasteiger partial charge in [-0.3, -0.25) is 9.59 Å². The van der Waals surface area contributed by atoms with Crippen LogP contribution in [0.3, 0.4) is 0 Å². The van der Waals surface area contributed by atoms with Crippen molar-refractivity contribution in [1.82, 2.24) is 19.9 Å². The molecule has 1 aromatic heterocycles. The van der Waals surface area contributed by atoms with Crippen molar-refractivity contribution in [2.24, 2.45) is 5.41 Å². The Morgan fingerprint density at radius 2 is 2.12 bits per heavy atom. The maximum atomic E-state index is 14.2. The summed E-state index contributed by atoms with van der Waals surface area (Å²) < 4.78 is 33.4. The summed E-state index contributed by atoms with van der Waals surface area (Å²) in [6.45, 7) is 3.71. The smallest absolute Gasteiger partial charge is 0.266 e. The van der Waals surface area contributed by atoms with E-state index in [-0.39, 0.29) is 24.8 Å². The van der Waals surface area contributed by atoms with E-state index in [9.17, 15) is 18.4 Å². The van der Waals surface area contributed by atoms with E-state index >= 15 is 0 Å². The minimum absolute atomic E-state index is 0.0177. The quantitative estimate of drug-likeness (QED) is 0.820. The van der Waals surface area contributed by atoms with Crippen LogP contribution in [0.1, 0.15) is 31.5 Å². The summed E-state index contributed by atoms with van der Waals surface area (Å²) in [5, 5.41) is 3.58. The first-order valence-electron chi connectivity index (χ1n) is 7.99. The predicted molar refractivity (Wildman–Crippen MR) is 78.2 cm³/mol. The van der Waals surface area contributed by atoms with E-state index in [1.165, 1.54) is 0 Å². The van der Waals surface area contributed by atoms with Gasteiger partial charge in [-0.05, 0) is 20.3 Å². The Labute approximate surface area is 138 Å². The molecular weight excluding hydrogens is 322 g/mol. The standard InChI is InChI=1S/C15H20F2N4O3/c1-3-20-5-4-14(13(20)23)7-15(16,17)9-21(8-14)12(22)6-11-18-10(2)19-24-11/h3-9H2,1-2H3. The Kier molecular flexibility index (Phi) is 4.05. The van der Waals surface area contributed by atoms with Gasteiger partial charge in [-0.15, -0.1) is 0 Å². The number of nitrogens with zero attached hydrogens (tertiary/aromatic N) is 4. The molecule has 3 heterocycles. The fourth-order valence-electron chi connectivity index (χ4n) is 3.64. The third-order valence-electron chi connectivity index (χ3n) is 4.72. The summed E-state index contributed by atoms with van der Waals surface area (Å²) in [5.41, 5.74) is -1.18. The summed E-state index contributed by atoms with van der Waals surface area (Å²) in [7, 11) is 0. The third-order valence-corrected chi connectivity index (χ3v) is 4.72. The zero-order chi connectivity index (χ0) is 17.5. The van der Waals surface area contributed by atoms with Crippen molar-refractivity contribution >= 4 is 11.8 Å². The van der Waals surface area contributed by atoms with Crippen LogP contribution in [-0.4, -0.2) is 63.9 Å². The fraction of sp³-hybridized carbons (Fsp3) is 0.733. The van der Waals surface area contributed by atoms with Gasteiger partial charge in [-0.1, -0.05) is 5.16 Å². The van der Waals surface area contributed by atoms with Crippen molar-refractivity contribution in [1.29, 1.82) is 0 Å². The summed E-state index contributed by atoms with van der Waals surface area (Å²) in [5.74, 6) is -3.43. The number of amides is 2. The Morgan fingerprint density at radius 3 is 2.71 bits per heavy atom. The normalized spacial score (nSPS) is 26.4. The van der Waals surface area contributed by atoms with Gasteiger partial charge >= 0.3 is 0 Å². The minimum Gasteiger partial charge on any atom is -0.342 e. The van der Waals surface area contributed by atoms with Crippen LogP contribution in [0.5, 0.6) is 0 Å². The first kappa shape index (κ1) is 16.8. The van der Waals surface area contributed by atoms with Gasteiger partial charge in [0.25, 0.3) is 5.92 Å². The average Bonchev–Trinajstić information content (AvgIpc) is 3.02. The molecule has 1 spiro atoms. The summed E-state index contributed by atoms with van der Waals surface area (Å²) >= 11 is 0. The molecule has 0 N–H and O–H groups in total. The SMILES string of the molecule is CCN1CCC2(CN(C(=O)Cc3nc(C)no3)CC(F)(F)C2)C1=O. The van der Waals surface area contributed by atoms with Gasteiger partial charge < -0.3 is 14.3 Å². The van der Waals surface area contributed by atoms with Crippen LogP contribution in [0.25, 0.3) is 0 Å². The van der Waals surface area contributed by atoms with E-state index < -0.39 is 30.2 Å². The van der Waals surface area contributed by atoms with Gasteiger partial charge in [-0.25, -0.2) is 8.78 Å². The van der Waals surface area contributed by atoms with Crippen LogP contribution in [-0.2, 0) is 16.0 Å². The number of aryl methyl sites for hydroxylation is 1. The largest absolute Gasteiger partial charge is 0.342 e. The number of piperidine rings is 1. The van der Waals surface area contributed by atoms with Gasteiger partial charge in [0.1, 0.15) is 6.42 Å². The number of likely N-dealkylation sites (tertiary alicyclic amines) is 2. The molecule has 3 rings (SSSR count). The lowest BCUT2D eigenvalue weighted by atomic mass is 9.77. The molecule has 0 bridgehead atoms. The van der Waals surface area contributed by atoms with Crippen LogP contribution >= 0.6 is 0 Å². The number of carbonyl (C=O) groups excluding carboxylic acids is 2. The number of aromatic nitrogens is 2. The van der Waals surface area contributed by atoms with Crippen molar-refractivity contribution in [2.75, 3.05) is 26.2 Å². The van der Waals surface area contributed by atoms with Crippen molar-refractivity contribution < 1.29 is 22.9 Å². The van der Waals surface area contributed by atoms with E-state index in [1.54, 1.807) is 11.8 Å². The lowest BCUT2D eigenvalue weighted by Crippen LogP contribution is -2.57. The predicted octanol–water partition coefficient (Wildman–Crippen LogP) is 1.03. The molecule has 2 fully saturated rings. The lowest BCUT2D eigenvalue weighted by Gasteiger charge is -2.42. The highest BCUT2D eigenvalue weighted by Gasteiger charge is 2.57. The van der Waals surface area contributed by atoms with Crippen molar-refractivity contribution in [3.63, 3.8) is 0 Å². The molecule has 2 aliphatic rings. The monoisotopic (exact) mass is 342 g/mol. The number of alkyl halides is 2. The van der Waals surface area contributed by atoms with Gasteiger partial charge in [0.2, 0.25) is 17.7 Å². The average molecular weight is 342 g/mol. The Bertz CT molecular complexity index is 663. The van der Waals surface area contributed by atoms with Crippen LogP contribution in [0.4, 0.5) is 8.78 Å². The first-order valence-corrected chi connectivity index (χ1v) is 7.99. The molecular formula is C15H20F2N4O3. The highest BCUT2D eigenvalue weighted by Crippen LogP contribution is 2.45. The second-order valence-electron chi connectivity index (χ2n) is 6.61. The minimum atomic E-state index is -3.09. The van der Waals surface area contributed by atoms with Crippen LogP contribution < -0.4 is 0 Å². The van der Waals surface area contributed by atoms with Crippen molar-refractivity contribution in [3.8, 4) is 0 Å². The number of carbonyl (C=O) groups is 2. The maximum Gasteiger partial charge on any atom is 0.266 e. The number of rotatable bonds is 3. The van der Waals surface area contributed by atoms with E-state index in [0.717, 1.165) is 4.90 Å². The zero-order valence-corrected chi connectivity index (χ0v) is 13.7. The van der Waals surface area contributed by atoms with Crippen LogP contribution in [0, 0.1) is 12.3 Å². The van der Waals surface area contributed by atoms with E-state index in [1.807, 2.05) is 6.92 Å². The second-order valence-corrected chi connectivity index (χ2v) is 6.61. The number of halogens is 2. The molecule has 1 unspecified atom stereocenters. The fourth-order valence-corrected chi connectivity index (χ4v) is 3.64. The molecule has 2 amide bonds. The van der Waals surface area contributed by atoms with Crippen molar-refractivity contribution in [2.45, 2.75) is 39.0 Å². The molecule has 9 heteroatoms. The lowest BCUT2D eigenvalue weighted by molar-refractivity contribution is -0.162. The third kappa shape index (κ3) is 2.99. The van der Waals surface area contributed by atoms with Crippen LogP contribution in [0.2, 0.25) is 0 Å². The second kappa shape index (κ2) is 5.78. The Balaban J connectivity index is 1.79. The zero-order valence-electron chi connectivity index (χ0n) is 13.7. The molecule has 0 saturated carbocycles. The summed E-state index contributed by atoms with van der Waals surface area (Å²) in [6, 6.07) is 0. The molecule has 132 valence electrons. The van der Waals surface area contributed by atoms with Gasteiger partial charge in [0.15, 0.2) is 5.82 Å². The van der Waals surface area contributed by atoms with Gasteiger partial charge in [0, 0.05) is 26.1 Å². The Morgan fingerprint density at radius 1 is 1.38 bits per heavy atom. The number of hydrogen-bond donors (Lipinski definition) is 0. The van der Waals surface area contributed by atoms with Gasteiger partial charge in [0.05, 0.1) is 12.0 Å². The molecule has 7 nitrogen and oxygen atoms in total. The molecule has 0 aromatic carbocycles. The highest BCUT2D eigenvalue weighted by molar-refractivity contribution is 5.87. The summed E-state index contributed by atoms with van der Waals surface area (Å²) in [6.07, 6.45) is -0.393. The van der Waals surface area contributed by atoms with Crippen LogP contribution in [0.15, 0.2) is 4.52 Å². The van der Waals surface area contributed by atoms with Gasteiger partial charge in [-0.2, -0.15) is 4.98 Å². The highest BCUT2D eigenvalue weighted by atomic mass is 19.3. The van der Waals surface area contributed by atoms with E-state index in [4.69, 9.17) is 4.52 Å². The molecule has 2 aliphatic heterocycles. The van der Waals surface area contributed by atoms with E-state index in [2.05, 4.69) is 10.1 Å². The molecule has 1 aromatic rings. The number of hydrogen-bond acceptors (Lipinski definition) is 5. The topological polar surface area (TPSA) is 79.5 Å². The molecule has 2 saturated heterocycles. The maximum absolute atomic E-state index is 14.2. The van der Waals surface area contributed by atoms with Crippen molar-refractivity contribution in [3.05, 3.63) is 11.7 Å². The summed E-state index contributed by atoms with van der Waals surface area (Å²) in [4.78, 5) is 31.5. The first-order chi connectivity index (χ1) is 11.2. The Hall–Kier alpha value is -2.06. The molecule has 1 atom stereocenters. The van der Waals surface area contributed by atoms with E-state index in [0.29, 0.717) is 25.3 Å². The molecule has 0 radical (unpaired) electrons. The molecule has 0 aliphatic carbocycles. The molecule has 24 heavy (non-hydrogen) atoms.